The number of nitrogens with zero attached hydrogens (tertiary/aromatic N) is 5. The van der Waals surface area contributed by atoms with Gasteiger partial charge in [0.1, 0.15) is 6.33 Å². The number of tetrazole rings is 1. The lowest BCUT2D eigenvalue weighted by atomic mass is 9.96. The van der Waals surface area contributed by atoms with Crippen molar-refractivity contribution in [3.63, 3.8) is 0 Å². The molecular formula is C22H24N6O2. The average Bonchev–Trinajstić information content (AvgIpc) is 3.30. The number of likely N-dealkylation sites (tertiary alicyclic amines) is 1. The average molecular weight is 404 g/mol. The first-order chi connectivity index (χ1) is 14.6. The van der Waals surface area contributed by atoms with Gasteiger partial charge in [0.2, 0.25) is 11.8 Å². The molecule has 1 atom stereocenters. The largest absolute Gasteiger partial charge is 0.342 e. The van der Waals surface area contributed by atoms with Crippen molar-refractivity contribution in [2.24, 2.45) is 5.92 Å². The number of aryl methyl sites for hydroxylation is 1. The van der Waals surface area contributed by atoms with E-state index in [-0.39, 0.29) is 17.7 Å². The molecule has 8 nitrogen and oxygen atoms in total. The highest BCUT2D eigenvalue weighted by Crippen LogP contribution is 2.22. The summed E-state index contributed by atoms with van der Waals surface area (Å²) in [6.07, 6.45) is 3.47. The summed E-state index contributed by atoms with van der Waals surface area (Å²) >= 11 is 0. The molecule has 3 aromatic rings. The number of hydrogen-bond donors (Lipinski definition) is 1. The van der Waals surface area contributed by atoms with Crippen LogP contribution in [0.1, 0.15) is 24.0 Å². The van der Waals surface area contributed by atoms with Gasteiger partial charge in [0.15, 0.2) is 0 Å². The van der Waals surface area contributed by atoms with Crippen LogP contribution in [-0.4, -0.2) is 50.0 Å². The predicted octanol–water partition coefficient (Wildman–Crippen LogP) is 2.39. The molecular weight excluding hydrogens is 380 g/mol. The summed E-state index contributed by atoms with van der Waals surface area (Å²) in [5.74, 6) is -0.231. The summed E-state index contributed by atoms with van der Waals surface area (Å²) in [5, 5.41) is 14.2. The number of amides is 2. The number of piperidine rings is 1. The van der Waals surface area contributed by atoms with Crippen molar-refractivity contribution in [1.29, 1.82) is 0 Å². The standard InChI is InChI=1S/C22H24N6O2/c1-16-9-10-19(13-20(16)28-15-23-25-26-28)24-22(30)18-8-5-11-27(14-18)21(29)12-17-6-3-2-4-7-17/h2-4,6-7,9-10,13,15,18H,5,8,11-12,14H2,1H3,(H,24,30). The highest BCUT2D eigenvalue weighted by molar-refractivity contribution is 5.93. The Morgan fingerprint density at radius 3 is 2.77 bits per heavy atom. The topological polar surface area (TPSA) is 93.0 Å². The summed E-state index contributed by atoms with van der Waals surface area (Å²) in [6.45, 7) is 3.10. The van der Waals surface area contributed by atoms with Gasteiger partial charge in [-0.25, -0.2) is 4.68 Å². The first-order valence-corrected chi connectivity index (χ1v) is 10.1. The van der Waals surface area contributed by atoms with Gasteiger partial charge in [0, 0.05) is 18.8 Å². The molecule has 2 aromatic carbocycles. The zero-order chi connectivity index (χ0) is 20.9. The quantitative estimate of drug-likeness (QED) is 0.705. The maximum atomic E-state index is 12.9. The molecule has 30 heavy (non-hydrogen) atoms. The molecule has 1 fully saturated rings. The van der Waals surface area contributed by atoms with E-state index >= 15 is 0 Å². The number of carbonyl (C=O) groups excluding carboxylic acids is 2. The van der Waals surface area contributed by atoms with Crippen LogP contribution in [0.15, 0.2) is 54.9 Å². The second kappa shape index (κ2) is 8.86. The van der Waals surface area contributed by atoms with Crippen LogP contribution in [0.5, 0.6) is 0 Å². The Balaban J connectivity index is 1.40. The van der Waals surface area contributed by atoms with Crippen LogP contribution in [0.25, 0.3) is 5.69 Å². The molecule has 2 heterocycles. The Hall–Kier alpha value is -3.55. The lowest BCUT2D eigenvalue weighted by molar-refractivity contribution is -0.133. The van der Waals surface area contributed by atoms with Gasteiger partial charge >= 0.3 is 0 Å². The van der Waals surface area contributed by atoms with E-state index in [4.69, 9.17) is 0 Å². The third-order valence-corrected chi connectivity index (χ3v) is 5.42. The normalized spacial score (nSPS) is 16.3. The Morgan fingerprint density at radius 2 is 2.00 bits per heavy atom. The van der Waals surface area contributed by atoms with E-state index in [9.17, 15) is 9.59 Å². The minimum absolute atomic E-state index is 0.0648. The maximum absolute atomic E-state index is 12.9. The summed E-state index contributed by atoms with van der Waals surface area (Å²) < 4.78 is 1.57. The van der Waals surface area contributed by atoms with Crippen molar-refractivity contribution in [3.8, 4) is 5.69 Å². The third kappa shape index (κ3) is 4.53. The number of benzene rings is 2. The van der Waals surface area contributed by atoms with E-state index in [2.05, 4.69) is 20.8 Å². The van der Waals surface area contributed by atoms with Crippen LogP contribution < -0.4 is 5.32 Å². The zero-order valence-electron chi connectivity index (χ0n) is 16.9. The molecule has 2 amide bonds. The van der Waals surface area contributed by atoms with E-state index in [1.807, 2.05) is 60.4 Å². The fourth-order valence-electron chi connectivity index (χ4n) is 3.75. The van der Waals surface area contributed by atoms with Gasteiger partial charge in [-0.05, 0) is 53.5 Å². The second-order valence-corrected chi connectivity index (χ2v) is 7.59. The first kappa shape index (κ1) is 19.8. The molecule has 0 aliphatic carbocycles. The van der Waals surface area contributed by atoms with Gasteiger partial charge < -0.3 is 10.2 Å². The highest BCUT2D eigenvalue weighted by Gasteiger charge is 2.28. The van der Waals surface area contributed by atoms with Crippen LogP contribution in [0, 0.1) is 12.8 Å². The molecule has 0 spiro atoms. The van der Waals surface area contributed by atoms with Crippen LogP contribution in [0.3, 0.4) is 0 Å². The molecule has 1 aliphatic heterocycles. The minimum atomic E-state index is -0.226. The predicted molar refractivity (Wildman–Crippen MR) is 112 cm³/mol. The van der Waals surface area contributed by atoms with Crippen LogP contribution in [-0.2, 0) is 16.0 Å². The molecule has 1 N–H and O–H groups in total. The number of carbonyl (C=O) groups is 2. The van der Waals surface area contributed by atoms with Crippen molar-refractivity contribution in [3.05, 3.63) is 66.0 Å². The number of anilines is 1. The van der Waals surface area contributed by atoms with Crippen molar-refractivity contribution in [2.75, 3.05) is 18.4 Å². The molecule has 0 saturated carbocycles. The van der Waals surface area contributed by atoms with Crippen molar-refractivity contribution in [2.45, 2.75) is 26.2 Å². The monoisotopic (exact) mass is 404 g/mol. The second-order valence-electron chi connectivity index (χ2n) is 7.59. The fraction of sp³-hybridized carbons (Fsp3) is 0.318. The molecule has 8 heteroatoms. The van der Waals surface area contributed by atoms with Gasteiger partial charge in [-0.2, -0.15) is 0 Å². The summed E-state index contributed by atoms with van der Waals surface area (Å²) in [5.41, 5.74) is 3.48. The Labute approximate surface area is 174 Å². The van der Waals surface area contributed by atoms with Crippen molar-refractivity contribution >= 4 is 17.5 Å². The first-order valence-electron chi connectivity index (χ1n) is 10.1. The maximum Gasteiger partial charge on any atom is 0.229 e. The minimum Gasteiger partial charge on any atom is -0.342 e. The van der Waals surface area contributed by atoms with E-state index < -0.39 is 0 Å². The van der Waals surface area contributed by atoms with Gasteiger partial charge in [-0.1, -0.05) is 36.4 Å². The number of hydrogen-bond acceptors (Lipinski definition) is 5. The number of rotatable bonds is 5. The highest BCUT2D eigenvalue weighted by atomic mass is 16.2. The van der Waals surface area contributed by atoms with Crippen LogP contribution in [0.2, 0.25) is 0 Å². The lowest BCUT2D eigenvalue weighted by Gasteiger charge is -2.32. The summed E-state index contributed by atoms with van der Waals surface area (Å²) in [7, 11) is 0. The third-order valence-electron chi connectivity index (χ3n) is 5.42. The van der Waals surface area contributed by atoms with Crippen molar-refractivity contribution < 1.29 is 9.59 Å². The molecule has 1 unspecified atom stereocenters. The summed E-state index contributed by atoms with van der Waals surface area (Å²) in [4.78, 5) is 27.4. The van der Waals surface area contributed by atoms with E-state index in [0.717, 1.165) is 29.7 Å². The van der Waals surface area contributed by atoms with E-state index in [0.29, 0.717) is 25.2 Å². The Morgan fingerprint density at radius 1 is 1.17 bits per heavy atom. The van der Waals surface area contributed by atoms with Gasteiger partial charge in [0.05, 0.1) is 18.0 Å². The fourth-order valence-corrected chi connectivity index (χ4v) is 3.75. The van der Waals surface area contributed by atoms with E-state index in [1.54, 1.807) is 4.68 Å². The molecule has 154 valence electrons. The SMILES string of the molecule is Cc1ccc(NC(=O)C2CCCN(C(=O)Cc3ccccc3)C2)cc1-n1cnnn1. The molecule has 0 bridgehead atoms. The number of aromatic nitrogens is 4. The number of nitrogens with one attached hydrogen (secondary N) is 1. The summed E-state index contributed by atoms with van der Waals surface area (Å²) in [6, 6.07) is 15.3. The van der Waals surface area contributed by atoms with E-state index in [1.165, 1.54) is 6.33 Å². The molecule has 4 rings (SSSR count). The Kier molecular flexibility index (Phi) is 5.83. The Bertz CT molecular complexity index is 1020. The zero-order valence-corrected chi connectivity index (χ0v) is 16.9. The molecule has 1 aromatic heterocycles. The van der Waals surface area contributed by atoms with Gasteiger partial charge in [-0.3, -0.25) is 9.59 Å². The van der Waals surface area contributed by atoms with Crippen LogP contribution in [0.4, 0.5) is 5.69 Å². The smallest absolute Gasteiger partial charge is 0.229 e. The molecule has 1 saturated heterocycles. The van der Waals surface area contributed by atoms with Crippen LogP contribution >= 0.6 is 0 Å². The molecule has 0 radical (unpaired) electrons. The lowest BCUT2D eigenvalue weighted by Crippen LogP contribution is -2.44. The van der Waals surface area contributed by atoms with Gasteiger partial charge in [-0.15, -0.1) is 5.10 Å². The van der Waals surface area contributed by atoms with Crippen molar-refractivity contribution in [1.82, 2.24) is 25.1 Å². The van der Waals surface area contributed by atoms with Gasteiger partial charge in [0.25, 0.3) is 0 Å². The molecule has 1 aliphatic rings.